The second-order valence-electron chi connectivity index (χ2n) is 6.72. The number of benzene rings is 4. The molecule has 1 aliphatic rings. The first-order chi connectivity index (χ1) is 12.9. The second kappa shape index (κ2) is 6.20. The Balaban J connectivity index is 1.52. The molecule has 0 heterocycles. The van der Waals surface area contributed by atoms with Crippen molar-refractivity contribution >= 4 is 11.4 Å². The van der Waals surface area contributed by atoms with Crippen molar-refractivity contribution in [3.8, 4) is 11.1 Å². The summed E-state index contributed by atoms with van der Waals surface area (Å²) in [6, 6.07) is 36.7. The molecule has 0 amide bonds. The smallest absolute Gasteiger partial charge is 0.0384 e. The van der Waals surface area contributed by atoms with Gasteiger partial charge in [0.2, 0.25) is 0 Å². The highest BCUT2D eigenvalue weighted by atomic mass is 14.9. The number of nitrogens with one attached hydrogen (secondary N) is 1. The number of hydrogen-bond donors (Lipinski definition) is 1. The third-order valence-electron chi connectivity index (χ3n) is 5.14. The predicted molar refractivity (Wildman–Crippen MR) is 109 cm³/mol. The minimum absolute atomic E-state index is 0.313. The van der Waals surface area contributed by atoms with Gasteiger partial charge in [0.05, 0.1) is 0 Å². The number of para-hydroxylation sites is 1. The van der Waals surface area contributed by atoms with Crippen LogP contribution in [0.15, 0.2) is 103 Å². The summed E-state index contributed by atoms with van der Waals surface area (Å²) in [4.78, 5) is 0. The Hall–Kier alpha value is -3.32. The van der Waals surface area contributed by atoms with Gasteiger partial charge in [-0.2, -0.15) is 0 Å². The van der Waals surface area contributed by atoms with Crippen LogP contribution in [-0.4, -0.2) is 0 Å². The van der Waals surface area contributed by atoms with Crippen molar-refractivity contribution in [2.24, 2.45) is 0 Å². The summed E-state index contributed by atoms with van der Waals surface area (Å²) in [6.45, 7) is 0. The van der Waals surface area contributed by atoms with Crippen molar-refractivity contribution in [1.82, 2.24) is 0 Å². The van der Waals surface area contributed by atoms with E-state index in [1.165, 1.54) is 27.8 Å². The average Bonchev–Trinajstić information content (AvgIpc) is 3.04. The largest absolute Gasteiger partial charge is 0.356 e. The van der Waals surface area contributed by atoms with Crippen LogP contribution in [-0.2, 0) is 0 Å². The van der Waals surface area contributed by atoms with E-state index >= 15 is 0 Å². The normalized spacial score (nSPS) is 12.5. The highest BCUT2D eigenvalue weighted by Crippen LogP contribution is 2.47. The molecule has 0 spiro atoms. The average molecular weight is 333 g/mol. The van der Waals surface area contributed by atoms with E-state index in [0.717, 1.165) is 11.4 Å². The molecule has 0 bridgehead atoms. The van der Waals surface area contributed by atoms with E-state index in [1.54, 1.807) is 0 Å². The molecule has 0 aliphatic heterocycles. The van der Waals surface area contributed by atoms with Crippen LogP contribution in [0.3, 0.4) is 0 Å². The van der Waals surface area contributed by atoms with Gasteiger partial charge in [-0.05, 0) is 52.1 Å². The summed E-state index contributed by atoms with van der Waals surface area (Å²) < 4.78 is 0. The van der Waals surface area contributed by atoms with Gasteiger partial charge in [-0.3, -0.25) is 0 Å². The molecule has 0 aromatic heterocycles. The van der Waals surface area contributed by atoms with Gasteiger partial charge < -0.3 is 5.32 Å². The van der Waals surface area contributed by atoms with Crippen molar-refractivity contribution in [2.75, 3.05) is 5.32 Å². The topological polar surface area (TPSA) is 12.0 Å². The molecule has 124 valence electrons. The molecule has 0 radical (unpaired) electrons. The van der Waals surface area contributed by atoms with Crippen molar-refractivity contribution in [3.05, 3.63) is 120 Å². The fourth-order valence-electron chi connectivity index (χ4n) is 3.96. The fraction of sp³-hybridized carbons (Fsp3) is 0.0400. The van der Waals surface area contributed by atoms with E-state index in [-0.39, 0.29) is 0 Å². The summed E-state index contributed by atoms with van der Waals surface area (Å²) in [5, 5.41) is 3.46. The van der Waals surface area contributed by atoms with E-state index in [9.17, 15) is 0 Å². The van der Waals surface area contributed by atoms with Gasteiger partial charge >= 0.3 is 0 Å². The van der Waals surface area contributed by atoms with Crippen molar-refractivity contribution < 1.29 is 0 Å². The van der Waals surface area contributed by atoms with Gasteiger partial charge in [-0.25, -0.2) is 0 Å². The Labute approximate surface area is 154 Å². The van der Waals surface area contributed by atoms with Crippen LogP contribution in [0.25, 0.3) is 11.1 Å². The quantitative estimate of drug-likeness (QED) is 0.393. The van der Waals surface area contributed by atoms with E-state index in [0.29, 0.717) is 5.92 Å². The Kier molecular flexibility index (Phi) is 3.57. The zero-order chi connectivity index (χ0) is 17.3. The van der Waals surface area contributed by atoms with Crippen LogP contribution < -0.4 is 5.32 Å². The standard InChI is InChI=1S/C25H19N/c1-2-8-19(9-3-1)26-20-16-14-18(15-17-20)25-23-12-6-4-10-21(23)22-11-5-7-13-24(22)25/h1-17,25-26H. The lowest BCUT2D eigenvalue weighted by Crippen LogP contribution is -1.99. The second-order valence-corrected chi connectivity index (χ2v) is 6.72. The minimum atomic E-state index is 0.313. The van der Waals surface area contributed by atoms with Crippen LogP contribution in [0.2, 0.25) is 0 Å². The zero-order valence-corrected chi connectivity index (χ0v) is 14.4. The summed E-state index contributed by atoms with van der Waals surface area (Å²) in [7, 11) is 0. The third kappa shape index (κ3) is 2.49. The number of hydrogen-bond acceptors (Lipinski definition) is 1. The Morgan fingerprint density at radius 2 is 0.962 bits per heavy atom. The van der Waals surface area contributed by atoms with Gasteiger partial charge in [0.25, 0.3) is 0 Å². The molecule has 0 saturated heterocycles. The fourth-order valence-corrected chi connectivity index (χ4v) is 3.96. The Morgan fingerprint density at radius 1 is 0.462 bits per heavy atom. The molecule has 0 fully saturated rings. The molecule has 1 heteroatoms. The van der Waals surface area contributed by atoms with Gasteiger partial charge in [-0.1, -0.05) is 78.9 Å². The monoisotopic (exact) mass is 333 g/mol. The Morgan fingerprint density at radius 3 is 1.58 bits per heavy atom. The molecule has 26 heavy (non-hydrogen) atoms. The molecule has 1 aliphatic carbocycles. The number of anilines is 2. The molecule has 0 saturated carbocycles. The number of fused-ring (bicyclic) bond motifs is 3. The van der Waals surface area contributed by atoms with Gasteiger partial charge in [0.15, 0.2) is 0 Å². The lowest BCUT2D eigenvalue weighted by Gasteiger charge is -2.15. The van der Waals surface area contributed by atoms with Crippen LogP contribution in [0, 0.1) is 0 Å². The maximum atomic E-state index is 3.46. The lowest BCUT2D eigenvalue weighted by molar-refractivity contribution is 1.02. The molecule has 1 nitrogen and oxygen atoms in total. The van der Waals surface area contributed by atoms with E-state index < -0.39 is 0 Å². The molecule has 1 N–H and O–H groups in total. The predicted octanol–water partition coefficient (Wildman–Crippen LogP) is 6.59. The third-order valence-corrected chi connectivity index (χ3v) is 5.14. The van der Waals surface area contributed by atoms with Crippen molar-refractivity contribution in [1.29, 1.82) is 0 Å². The molecule has 0 atom stereocenters. The first-order valence-electron chi connectivity index (χ1n) is 9.00. The van der Waals surface area contributed by atoms with Crippen molar-refractivity contribution in [2.45, 2.75) is 5.92 Å². The molecule has 5 rings (SSSR count). The molecule has 4 aromatic rings. The summed E-state index contributed by atoms with van der Waals surface area (Å²) in [5.74, 6) is 0.313. The van der Waals surface area contributed by atoms with Crippen LogP contribution >= 0.6 is 0 Å². The maximum Gasteiger partial charge on any atom is 0.0384 e. The first kappa shape index (κ1) is 15.0. The molecular formula is C25H19N. The van der Waals surface area contributed by atoms with Crippen molar-refractivity contribution in [3.63, 3.8) is 0 Å². The summed E-state index contributed by atoms with van der Waals surface area (Å²) >= 11 is 0. The van der Waals surface area contributed by atoms with Crippen LogP contribution in [0.5, 0.6) is 0 Å². The number of rotatable bonds is 3. The van der Waals surface area contributed by atoms with Gasteiger partial charge in [0, 0.05) is 17.3 Å². The van der Waals surface area contributed by atoms with Crippen LogP contribution in [0.1, 0.15) is 22.6 Å². The molecule has 0 unspecified atom stereocenters. The van der Waals surface area contributed by atoms with E-state index in [1.807, 2.05) is 18.2 Å². The van der Waals surface area contributed by atoms with Gasteiger partial charge in [-0.15, -0.1) is 0 Å². The Bertz CT molecular complexity index is 1000. The lowest BCUT2D eigenvalue weighted by atomic mass is 9.89. The SMILES string of the molecule is c1ccc(Nc2ccc(C3c4ccccc4-c4ccccc43)cc2)cc1. The van der Waals surface area contributed by atoms with Crippen LogP contribution in [0.4, 0.5) is 11.4 Å². The zero-order valence-electron chi connectivity index (χ0n) is 14.4. The minimum Gasteiger partial charge on any atom is -0.356 e. The van der Waals surface area contributed by atoms with E-state index in [2.05, 4.69) is 90.2 Å². The summed E-state index contributed by atoms with van der Waals surface area (Å²) in [6.07, 6.45) is 0. The molecule has 4 aromatic carbocycles. The molecular weight excluding hydrogens is 314 g/mol. The summed E-state index contributed by atoms with van der Waals surface area (Å²) in [5.41, 5.74) is 9.08. The van der Waals surface area contributed by atoms with E-state index in [4.69, 9.17) is 0 Å². The highest BCUT2D eigenvalue weighted by Gasteiger charge is 2.28. The first-order valence-corrected chi connectivity index (χ1v) is 9.00. The maximum absolute atomic E-state index is 3.46. The highest BCUT2D eigenvalue weighted by molar-refractivity contribution is 5.80. The van der Waals surface area contributed by atoms with Gasteiger partial charge in [0.1, 0.15) is 0 Å².